The largest absolute Gasteiger partial charge is 0.453 e. The Morgan fingerprint density at radius 2 is 1.81 bits per heavy atom. The van der Waals surface area contributed by atoms with E-state index in [1.165, 1.54) is 6.07 Å². The van der Waals surface area contributed by atoms with E-state index in [0.717, 1.165) is 42.0 Å². The fourth-order valence-corrected chi connectivity index (χ4v) is 6.40. The number of carbonyl (C=O) groups excluding carboxylic acids is 1. The van der Waals surface area contributed by atoms with Gasteiger partial charge in [-0.25, -0.2) is 9.37 Å². The second-order valence-electron chi connectivity index (χ2n) is 12.5. The van der Waals surface area contributed by atoms with Crippen LogP contribution in [-0.2, 0) is 36.9 Å². The van der Waals surface area contributed by atoms with Crippen LogP contribution in [0.25, 0.3) is 22.3 Å². The fourth-order valence-electron chi connectivity index (χ4n) is 6.40. The number of rotatable bonds is 7. The van der Waals surface area contributed by atoms with E-state index < -0.39 is 17.6 Å². The Morgan fingerprint density at radius 3 is 2.58 bits per heavy atom. The molecule has 2 aliphatic heterocycles. The molecule has 0 atom stereocenters. The van der Waals surface area contributed by atoms with Crippen molar-refractivity contribution in [2.24, 2.45) is 0 Å². The third kappa shape index (κ3) is 6.76. The van der Waals surface area contributed by atoms with E-state index in [2.05, 4.69) is 19.9 Å². The molecule has 1 saturated heterocycles. The molecule has 1 fully saturated rings. The summed E-state index contributed by atoms with van der Waals surface area (Å²) in [5.74, 6) is -0.471. The van der Waals surface area contributed by atoms with Crippen molar-refractivity contribution >= 4 is 16.9 Å². The average Bonchev–Trinajstić information content (AvgIpc) is 3.52. The van der Waals surface area contributed by atoms with Gasteiger partial charge in [0, 0.05) is 69.5 Å². The Bertz CT molecular complexity index is 1950. The van der Waals surface area contributed by atoms with Crippen LogP contribution in [0, 0.1) is 5.82 Å². The molecule has 8 nitrogen and oxygen atoms in total. The normalized spacial score (nSPS) is 15.9. The highest BCUT2D eigenvalue weighted by molar-refractivity contribution is 5.88. The average molecular weight is 659 g/mol. The van der Waals surface area contributed by atoms with Crippen LogP contribution in [-0.4, -0.2) is 75.3 Å². The number of H-pyrrole nitrogens is 1. The third-order valence-corrected chi connectivity index (χ3v) is 9.13. The van der Waals surface area contributed by atoms with Gasteiger partial charge in [0.1, 0.15) is 11.4 Å². The van der Waals surface area contributed by atoms with Crippen LogP contribution in [0.4, 0.5) is 17.6 Å². The molecule has 2 aliphatic rings. The Morgan fingerprint density at radius 1 is 0.979 bits per heavy atom. The number of piperazine rings is 1. The van der Waals surface area contributed by atoms with Gasteiger partial charge in [-0.2, -0.15) is 13.2 Å². The molecule has 48 heavy (non-hydrogen) atoms. The summed E-state index contributed by atoms with van der Waals surface area (Å²) in [6.45, 7) is 3.96. The maximum Gasteiger partial charge on any atom is 0.416 e. The molecular formula is C36H34F4N6O2. The number of ether oxygens (including phenoxy) is 1. The van der Waals surface area contributed by atoms with Crippen LogP contribution < -0.4 is 4.74 Å². The van der Waals surface area contributed by atoms with Crippen molar-refractivity contribution < 1.29 is 27.1 Å². The molecule has 0 radical (unpaired) electrons. The Labute approximate surface area is 275 Å². The Balaban J connectivity index is 1.06. The summed E-state index contributed by atoms with van der Waals surface area (Å²) in [5.41, 5.74) is 3.71. The summed E-state index contributed by atoms with van der Waals surface area (Å²) in [4.78, 5) is 30.7. The predicted octanol–water partition coefficient (Wildman–Crippen LogP) is 6.45. The SMILES string of the molecule is CN1CCN(Cc2ccc(CC(=O)N3CCc4ccc(Oc5c(F)cnc6[nH]c(-c7cccnc7)cc56)cc4C3)cc2C(F)(F)F)CC1. The van der Waals surface area contributed by atoms with Crippen molar-refractivity contribution in [1.82, 2.24) is 29.7 Å². The van der Waals surface area contributed by atoms with Crippen molar-refractivity contribution in [3.8, 4) is 22.8 Å². The smallest absolute Gasteiger partial charge is 0.416 e. The first kappa shape index (κ1) is 31.8. The number of likely N-dealkylation sites (N-methyl/N-ethyl adjacent to an activating group) is 1. The van der Waals surface area contributed by atoms with Crippen molar-refractivity contribution in [2.45, 2.75) is 32.1 Å². The minimum absolute atomic E-state index is 0.0200. The monoisotopic (exact) mass is 658 g/mol. The van der Waals surface area contributed by atoms with E-state index in [9.17, 15) is 18.0 Å². The van der Waals surface area contributed by atoms with Gasteiger partial charge in [0.05, 0.1) is 23.6 Å². The van der Waals surface area contributed by atoms with E-state index in [1.807, 2.05) is 24.1 Å². The zero-order chi connectivity index (χ0) is 33.4. The number of alkyl halides is 3. The van der Waals surface area contributed by atoms with Gasteiger partial charge in [-0.05, 0) is 72.1 Å². The number of aromatic amines is 1. The number of nitrogens with one attached hydrogen (secondary N) is 1. The number of carbonyl (C=O) groups is 1. The molecule has 7 rings (SSSR count). The summed E-state index contributed by atoms with van der Waals surface area (Å²) in [6.07, 6.45) is 0.374. The van der Waals surface area contributed by atoms with E-state index in [1.54, 1.807) is 47.6 Å². The van der Waals surface area contributed by atoms with E-state index in [0.29, 0.717) is 54.1 Å². The molecule has 1 N–H and O–H groups in total. The number of pyridine rings is 2. The molecule has 0 spiro atoms. The van der Waals surface area contributed by atoms with Gasteiger partial charge in [0.2, 0.25) is 5.91 Å². The van der Waals surface area contributed by atoms with Gasteiger partial charge in [0.15, 0.2) is 11.6 Å². The van der Waals surface area contributed by atoms with Crippen molar-refractivity contribution in [2.75, 3.05) is 39.8 Å². The third-order valence-electron chi connectivity index (χ3n) is 9.13. The first-order chi connectivity index (χ1) is 23.1. The summed E-state index contributed by atoms with van der Waals surface area (Å²) in [5, 5.41) is 0.469. The number of hydrogen-bond acceptors (Lipinski definition) is 6. The number of nitrogens with zero attached hydrogens (tertiary/aromatic N) is 5. The van der Waals surface area contributed by atoms with Crippen molar-refractivity contribution in [3.05, 3.63) is 107 Å². The summed E-state index contributed by atoms with van der Waals surface area (Å²) < 4.78 is 63.5. The van der Waals surface area contributed by atoms with E-state index in [-0.39, 0.29) is 36.7 Å². The molecule has 0 saturated carbocycles. The fraction of sp³-hybridized carbons (Fsp3) is 0.306. The minimum Gasteiger partial charge on any atom is -0.453 e. The number of aromatic nitrogens is 3. The molecule has 0 unspecified atom stereocenters. The van der Waals surface area contributed by atoms with Crippen molar-refractivity contribution in [3.63, 3.8) is 0 Å². The highest BCUT2D eigenvalue weighted by Crippen LogP contribution is 2.36. The zero-order valence-electron chi connectivity index (χ0n) is 26.4. The van der Waals surface area contributed by atoms with Crippen LogP contribution in [0.2, 0.25) is 0 Å². The van der Waals surface area contributed by atoms with Gasteiger partial charge >= 0.3 is 6.18 Å². The zero-order valence-corrected chi connectivity index (χ0v) is 26.4. The van der Waals surface area contributed by atoms with Crippen LogP contribution >= 0.6 is 0 Å². The minimum atomic E-state index is -4.53. The van der Waals surface area contributed by atoms with Gasteiger partial charge < -0.3 is 19.5 Å². The van der Waals surface area contributed by atoms with Gasteiger partial charge in [-0.3, -0.25) is 14.7 Å². The second kappa shape index (κ2) is 13.0. The van der Waals surface area contributed by atoms with Crippen molar-refractivity contribution in [1.29, 1.82) is 0 Å². The van der Waals surface area contributed by atoms with Crippen LogP contribution in [0.15, 0.2) is 73.2 Å². The lowest BCUT2D eigenvalue weighted by molar-refractivity contribution is -0.138. The Kier molecular flexibility index (Phi) is 8.61. The highest BCUT2D eigenvalue weighted by atomic mass is 19.4. The first-order valence-electron chi connectivity index (χ1n) is 15.9. The molecule has 5 aromatic rings. The second-order valence-corrected chi connectivity index (χ2v) is 12.5. The molecule has 5 heterocycles. The number of benzene rings is 2. The molecule has 3 aromatic heterocycles. The summed E-state index contributed by atoms with van der Waals surface area (Å²) in [6, 6.07) is 15.2. The van der Waals surface area contributed by atoms with Gasteiger partial charge in [0.25, 0.3) is 0 Å². The van der Waals surface area contributed by atoms with Crippen LogP contribution in [0.5, 0.6) is 11.5 Å². The topological polar surface area (TPSA) is 77.6 Å². The molecule has 248 valence electrons. The van der Waals surface area contributed by atoms with Gasteiger partial charge in [-0.1, -0.05) is 18.2 Å². The number of fused-ring (bicyclic) bond motifs is 2. The highest BCUT2D eigenvalue weighted by Gasteiger charge is 2.34. The predicted molar refractivity (Wildman–Crippen MR) is 173 cm³/mol. The maximum absolute atomic E-state index is 15.0. The lowest BCUT2D eigenvalue weighted by atomic mass is 9.97. The summed E-state index contributed by atoms with van der Waals surface area (Å²) >= 11 is 0. The quantitative estimate of drug-likeness (QED) is 0.203. The van der Waals surface area contributed by atoms with E-state index >= 15 is 4.39 Å². The molecule has 0 aliphatic carbocycles. The lowest BCUT2D eigenvalue weighted by Gasteiger charge is -2.33. The molecule has 12 heteroatoms. The standard InChI is InChI=1S/C36H34F4N6O2/c1-44-11-13-45(14-12-44)21-26-5-4-23(15-30(26)36(38,39)40)16-33(47)46-10-8-24-6-7-28(17-27(24)22-46)48-34-29-18-32(25-3-2-9-41-19-25)43-35(29)42-20-31(34)37/h2-7,9,15,17-20H,8,10-14,16,21-22H2,1H3,(H,42,43). The first-order valence-corrected chi connectivity index (χ1v) is 15.9. The van der Waals surface area contributed by atoms with Crippen LogP contribution in [0.1, 0.15) is 27.8 Å². The molecule has 1 amide bonds. The molecule has 2 aromatic carbocycles. The number of amides is 1. The van der Waals surface area contributed by atoms with Crippen LogP contribution in [0.3, 0.4) is 0 Å². The molecule has 0 bridgehead atoms. The lowest BCUT2D eigenvalue weighted by Crippen LogP contribution is -2.44. The van der Waals surface area contributed by atoms with Gasteiger partial charge in [-0.15, -0.1) is 0 Å². The summed E-state index contributed by atoms with van der Waals surface area (Å²) in [7, 11) is 2.00. The number of hydrogen-bond donors (Lipinski definition) is 1. The maximum atomic E-state index is 15.0. The number of halogens is 4. The van der Waals surface area contributed by atoms with E-state index in [4.69, 9.17) is 4.74 Å². The Hall–Kier alpha value is -4.81. The molecular weight excluding hydrogens is 624 g/mol.